The van der Waals surface area contributed by atoms with Crippen LogP contribution >= 0.6 is 0 Å². The number of rotatable bonds is 4. The molecule has 7 heteroatoms. The predicted octanol–water partition coefficient (Wildman–Crippen LogP) is 4.69. The molecule has 5 atom stereocenters. The Morgan fingerprint density at radius 3 is 2.53 bits per heavy atom. The molecule has 0 amide bonds. The normalized spacial score (nSPS) is 28.3. The third-order valence-corrected chi connectivity index (χ3v) is 7.26. The predicted molar refractivity (Wildman–Crippen MR) is 111 cm³/mol. The van der Waals surface area contributed by atoms with E-state index in [1.54, 1.807) is 25.3 Å². The molecule has 30 heavy (non-hydrogen) atoms. The van der Waals surface area contributed by atoms with Crippen LogP contribution in [0.3, 0.4) is 0 Å². The van der Waals surface area contributed by atoms with Crippen LogP contribution in [0.5, 0.6) is 5.75 Å². The smallest absolute Gasteiger partial charge is 0.337 e. The first-order chi connectivity index (χ1) is 14.5. The van der Waals surface area contributed by atoms with Crippen molar-refractivity contribution in [1.82, 2.24) is 0 Å². The van der Waals surface area contributed by atoms with Crippen molar-refractivity contribution < 1.29 is 19.2 Å². The maximum absolute atomic E-state index is 11.8. The zero-order valence-electron chi connectivity index (χ0n) is 17.0. The number of nitrogens with zero attached hydrogens (tertiary/aromatic N) is 1. The van der Waals surface area contributed by atoms with Crippen LogP contribution in [-0.4, -0.2) is 25.1 Å². The Balaban J connectivity index is 1.60. The second kappa shape index (κ2) is 7.00. The summed E-state index contributed by atoms with van der Waals surface area (Å²) in [6, 6.07) is 10.9. The lowest BCUT2D eigenvalue weighted by Crippen LogP contribution is -2.35. The van der Waals surface area contributed by atoms with Gasteiger partial charge in [0.1, 0.15) is 5.75 Å². The van der Waals surface area contributed by atoms with Gasteiger partial charge in [-0.25, -0.2) is 4.79 Å². The van der Waals surface area contributed by atoms with Gasteiger partial charge in [0.25, 0.3) is 5.69 Å². The van der Waals surface area contributed by atoms with Gasteiger partial charge in [0.05, 0.1) is 42.5 Å². The molecule has 0 aromatic heterocycles. The molecule has 2 aromatic carbocycles. The van der Waals surface area contributed by atoms with E-state index in [9.17, 15) is 14.9 Å². The number of nitro benzene ring substituents is 1. The summed E-state index contributed by atoms with van der Waals surface area (Å²) in [5.41, 5.74) is 3.58. The SMILES string of the molecule is COC(=O)c1ccc([C@@H]2Nc3c(OC)cc([N+](=O)[O-])cc3[C@@H]3[C@H]4CC[C@@H](C4)[C@H]32)cc1. The quantitative estimate of drug-likeness (QED) is 0.448. The summed E-state index contributed by atoms with van der Waals surface area (Å²) in [5.74, 6) is 1.94. The zero-order valence-corrected chi connectivity index (χ0v) is 17.0. The van der Waals surface area contributed by atoms with Crippen LogP contribution in [0.1, 0.15) is 52.7 Å². The summed E-state index contributed by atoms with van der Waals surface area (Å²) in [6.45, 7) is 0. The van der Waals surface area contributed by atoms with Crippen LogP contribution in [0.15, 0.2) is 36.4 Å². The standard InChI is InChI=1S/C23H24N2O5/c1-29-18-11-16(25(27)28)10-17-19-14-7-8-15(9-14)20(19)21(24-22(17)18)12-3-5-13(6-4-12)23(26)30-2/h3-6,10-11,14-15,19-21,24H,7-9H2,1-2H3/t14-,15-,19-,20+,21-/m0/s1. The number of hydrogen-bond donors (Lipinski definition) is 1. The van der Waals surface area contributed by atoms with Crippen LogP contribution in [0.4, 0.5) is 11.4 Å². The van der Waals surface area contributed by atoms with E-state index in [-0.39, 0.29) is 28.5 Å². The molecule has 1 heterocycles. The fraction of sp³-hybridized carbons (Fsp3) is 0.435. The van der Waals surface area contributed by atoms with Crippen molar-refractivity contribution in [3.05, 3.63) is 63.2 Å². The average molecular weight is 408 g/mol. The molecule has 2 bridgehead atoms. The molecule has 1 aliphatic heterocycles. The Hall–Kier alpha value is -3.09. The van der Waals surface area contributed by atoms with Gasteiger partial charge < -0.3 is 14.8 Å². The van der Waals surface area contributed by atoms with Crippen molar-refractivity contribution in [2.75, 3.05) is 19.5 Å². The average Bonchev–Trinajstić information content (AvgIpc) is 3.40. The van der Waals surface area contributed by atoms with Gasteiger partial charge in [-0.15, -0.1) is 0 Å². The van der Waals surface area contributed by atoms with Crippen molar-refractivity contribution in [2.24, 2.45) is 17.8 Å². The van der Waals surface area contributed by atoms with E-state index in [1.807, 2.05) is 12.1 Å². The molecule has 0 spiro atoms. The summed E-state index contributed by atoms with van der Waals surface area (Å²) in [4.78, 5) is 23.0. The second-order valence-electron chi connectivity index (χ2n) is 8.54. The minimum absolute atomic E-state index is 0.0693. The Labute approximate surface area is 174 Å². The number of ether oxygens (including phenoxy) is 2. The molecule has 3 aliphatic rings. The first-order valence-electron chi connectivity index (χ1n) is 10.3. The number of methoxy groups -OCH3 is 2. The van der Waals surface area contributed by atoms with Crippen LogP contribution < -0.4 is 10.1 Å². The number of fused-ring (bicyclic) bond motifs is 7. The van der Waals surface area contributed by atoms with E-state index in [0.29, 0.717) is 29.1 Å². The number of nitrogens with one attached hydrogen (secondary N) is 1. The van der Waals surface area contributed by atoms with Gasteiger partial charge in [0, 0.05) is 6.07 Å². The number of esters is 1. The summed E-state index contributed by atoms with van der Waals surface area (Å²) in [7, 11) is 2.93. The summed E-state index contributed by atoms with van der Waals surface area (Å²) in [5, 5.41) is 15.2. The van der Waals surface area contributed by atoms with E-state index in [1.165, 1.54) is 26.0 Å². The highest BCUT2D eigenvalue weighted by Gasteiger charge is 2.54. The summed E-state index contributed by atoms with van der Waals surface area (Å²) in [6.07, 6.45) is 3.54. The Kier molecular flexibility index (Phi) is 4.41. The third kappa shape index (κ3) is 2.75. The van der Waals surface area contributed by atoms with Crippen LogP contribution in [-0.2, 0) is 4.74 Å². The van der Waals surface area contributed by atoms with Crippen molar-refractivity contribution in [2.45, 2.75) is 31.2 Å². The third-order valence-electron chi connectivity index (χ3n) is 7.26. The number of nitro groups is 1. The highest BCUT2D eigenvalue weighted by Crippen LogP contribution is 2.65. The van der Waals surface area contributed by atoms with Gasteiger partial charge in [-0.05, 0) is 66.2 Å². The van der Waals surface area contributed by atoms with E-state index in [2.05, 4.69) is 5.32 Å². The minimum atomic E-state index is -0.352. The first kappa shape index (κ1) is 18.9. The monoisotopic (exact) mass is 408 g/mol. The van der Waals surface area contributed by atoms with Gasteiger partial charge in [0.15, 0.2) is 0 Å². The second-order valence-corrected chi connectivity index (χ2v) is 8.54. The topological polar surface area (TPSA) is 90.7 Å². The molecule has 7 nitrogen and oxygen atoms in total. The van der Waals surface area contributed by atoms with Gasteiger partial charge in [-0.2, -0.15) is 0 Å². The molecule has 5 rings (SSSR count). The number of non-ortho nitro benzene ring substituents is 1. The van der Waals surface area contributed by atoms with Gasteiger partial charge >= 0.3 is 5.97 Å². The lowest BCUT2D eigenvalue weighted by Gasteiger charge is -2.43. The van der Waals surface area contributed by atoms with Crippen molar-refractivity contribution in [3.8, 4) is 5.75 Å². The molecule has 2 fully saturated rings. The molecule has 1 N–H and O–H groups in total. The molecule has 2 aromatic rings. The maximum atomic E-state index is 11.8. The molecular formula is C23H24N2O5. The lowest BCUT2D eigenvalue weighted by atomic mass is 9.68. The Morgan fingerprint density at radius 2 is 1.87 bits per heavy atom. The summed E-state index contributed by atoms with van der Waals surface area (Å²) >= 11 is 0. The number of anilines is 1. The number of carbonyl (C=O) groups is 1. The van der Waals surface area contributed by atoms with Crippen LogP contribution in [0, 0.1) is 27.9 Å². The molecule has 2 aliphatic carbocycles. The molecule has 156 valence electrons. The molecule has 0 radical (unpaired) electrons. The van der Waals surface area contributed by atoms with Crippen molar-refractivity contribution >= 4 is 17.3 Å². The molecular weight excluding hydrogens is 384 g/mol. The van der Waals surface area contributed by atoms with Crippen LogP contribution in [0.25, 0.3) is 0 Å². The number of hydrogen-bond acceptors (Lipinski definition) is 6. The molecule has 0 unspecified atom stereocenters. The number of benzene rings is 2. The van der Waals surface area contributed by atoms with Gasteiger partial charge in [-0.3, -0.25) is 10.1 Å². The van der Waals surface area contributed by atoms with Crippen molar-refractivity contribution in [1.29, 1.82) is 0 Å². The lowest BCUT2D eigenvalue weighted by molar-refractivity contribution is -0.385. The highest BCUT2D eigenvalue weighted by molar-refractivity contribution is 5.89. The van der Waals surface area contributed by atoms with Gasteiger partial charge in [-0.1, -0.05) is 12.1 Å². The van der Waals surface area contributed by atoms with E-state index in [4.69, 9.17) is 9.47 Å². The van der Waals surface area contributed by atoms with Crippen molar-refractivity contribution in [3.63, 3.8) is 0 Å². The largest absolute Gasteiger partial charge is 0.494 e. The zero-order chi connectivity index (χ0) is 21.0. The van der Waals surface area contributed by atoms with Gasteiger partial charge in [0.2, 0.25) is 0 Å². The fourth-order valence-electron chi connectivity index (χ4n) is 6.08. The number of carbonyl (C=O) groups excluding carboxylic acids is 1. The maximum Gasteiger partial charge on any atom is 0.337 e. The molecule has 2 saturated carbocycles. The van der Waals surface area contributed by atoms with E-state index < -0.39 is 0 Å². The summed E-state index contributed by atoms with van der Waals surface area (Å²) < 4.78 is 10.4. The van der Waals surface area contributed by atoms with E-state index >= 15 is 0 Å². The Bertz CT molecular complexity index is 1020. The van der Waals surface area contributed by atoms with E-state index in [0.717, 1.165) is 23.2 Å². The molecule has 0 saturated heterocycles. The minimum Gasteiger partial charge on any atom is -0.494 e. The van der Waals surface area contributed by atoms with Crippen LogP contribution in [0.2, 0.25) is 0 Å². The Morgan fingerprint density at radius 1 is 1.13 bits per heavy atom. The first-order valence-corrected chi connectivity index (χ1v) is 10.3. The fourth-order valence-corrected chi connectivity index (χ4v) is 6.08. The highest BCUT2D eigenvalue weighted by atomic mass is 16.6.